The second-order valence-electron chi connectivity index (χ2n) is 2.35. The van der Waals surface area contributed by atoms with Crippen LogP contribution in [0, 0.1) is 0 Å². The summed E-state index contributed by atoms with van der Waals surface area (Å²) in [6, 6.07) is 9.10. The van der Waals surface area contributed by atoms with E-state index < -0.39 is 22.1 Å². The molecule has 1 aromatic rings. The Balaban J connectivity index is 0. The molecule has 1 rings (SSSR count). The van der Waals surface area contributed by atoms with Crippen molar-refractivity contribution in [1.82, 2.24) is 0 Å². The van der Waals surface area contributed by atoms with Gasteiger partial charge in [-0.3, -0.25) is 4.31 Å². The Morgan fingerprint density at radius 3 is 1.76 bits per heavy atom. The molecule has 3 unspecified atom stereocenters. The number of rotatable bonds is 3. The fraction of sp³-hybridized carbons (Fsp3) is 0.143. The van der Waals surface area contributed by atoms with E-state index in [1.54, 1.807) is 12.1 Å². The summed E-state index contributed by atoms with van der Waals surface area (Å²) in [5.74, 6) is 0. The Kier molecular flexibility index (Phi) is 15.1. The van der Waals surface area contributed by atoms with Gasteiger partial charge in [0.25, 0.3) is 0 Å². The van der Waals surface area contributed by atoms with Crippen molar-refractivity contribution in [2.45, 2.75) is 5.56 Å². The normalized spacial score (nSPS) is 14.6. The molecule has 0 heterocycles. The molecular formula is C7H9BaClO6P2. The van der Waals surface area contributed by atoms with Gasteiger partial charge in [0.05, 0.1) is 0 Å². The molecule has 0 aliphatic carbocycles. The molecule has 1 aromatic carbocycles. The van der Waals surface area contributed by atoms with Crippen LogP contribution in [0.2, 0.25) is 0 Å². The molecule has 10 heteroatoms. The third-order valence-corrected chi connectivity index (χ3v) is 2.83. The summed E-state index contributed by atoms with van der Waals surface area (Å²) < 4.78 is 21.8. The molecule has 0 aliphatic rings. The van der Waals surface area contributed by atoms with Gasteiger partial charge in [-0.25, -0.2) is 0 Å². The van der Waals surface area contributed by atoms with E-state index in [1.807, 2.05) is 18.2 Å². The average molecular weight is 424 g/mol. The van der Waals surface area contributed by atoms with Gasteiger partial charge in [-0.1, -0.05) is 41.9 Å². The van der Waals surface area contributed by atoms with Gasteiger partial charge in [0.2, 0.25) is 0 Å². The predicted molar refractivity (Wildman–Crippen MR) is 62.1 cm³/mol. The number of halogens is 1. The molecule has 0 saturated carbocycles. The average Bonchev–Trinajstić information content (AvgIpc) is 2.17. The molecule has 17 heavy (non-hydrogen) atoms. The molecule has 6 nitrogen and oxygen atoms in total. The molecule has 1 N–H and O–H groups in total. The second-order valence-corrected chi connectivity index (χ2v) is 4.58. The summed E-state index contributed by atoms with van der Waals surface area (Å²) >= 11 is 5.36. The van der Waals surface area contributed by atoms with E-state index in [0.717, 1.165) is 5.56 Å². The summed E-state index contributed by atoms with van der Waals surface area (Å²) in [7, 11) is -7.03. The van der Waals surface area contributed by atoms with Crippen LogP contribution in [0.3, 0.4) is 0 Å². The molecule has 3 atom stereocenters. The topological polar surface area (TPSA) is 110 Å². The van der Waals surface area contributed by atoms with E-state index in [2.05, 4.69) is 4.31 Å². The zero-order chi connectivity index (χ0) is 12.6. The third-order valence-electron chi connectivity index (χ3n) is 1.24. The van der Waals surface area contributed by atoms with Gasteiger partial charge in [-0.15, -0.1) is 0 Å². The third kappa shape index (κ3) is 13.6. The summed E-state index contributed by atoms with van der Waals surface area (Å²) in [6.07, 6.45) is 0. The van der Waals surface area contributed by atoms with E-state index in [4.69, 9.17) is 16.7 Å². The molecule has 0 bridgehead atoms. The Labute approximate surface area is 145 Å². The minimum absolute atomic E-state index is 0. The minimum atomic E-state index is -3.51. The number of alkyl halides is 1. The fourth-order valence-electron chi connectivity index (χ4n) is 0.680. The SMILES string of the molecule is O=[PH]([O-])O[PH](=O)[O-].OC(Cl)c1ccccc1.[Ba+2]. The van der Waals surface area contributed by atoms with E-state index in [1.165, 1.54) is 0 Å². The first kappa shape index (κ1) is 20.7. The number of aliphatic hydroxyl groups is 1. The maximum absolute atomic E-state index is 9.29. The van der Waals surface area contributed by atoms with Crippen molar-refractivity contribution in [3.63, 3.8) is 0 Å². The smallest absolute Gasteiger partial charge is 0.781 e. The molecule has 0 radical (unpaired) electrons. The van der Waals surface area contributed by atoms with Crippen molar-refractivity contribution < 1.29 is 28.3 Å². The molecule has 0 spiro atoms. The molecule has 0 saturated heterocycles. The molecular weight excluding hydrogens is 415 g/mol. The van der Waals surface area contributed by atoms with Crippen molar-refractivity contribution in [2.24, 2.45) is 0 Å². The molecule has 0 aliphatic heterocycles. The maximum atomic E-state index is 9.29. The van der Waals surface area contributed by atoms with Crippen LogP contribution in [0.15, 0.2) is 30.3 Å². The van der Waals surface area contributed by atoms with Gasteiger partial charge in [0, 0.05) is 0 Å². The first-order valence-corrected chi connectivity index (χ1v) is 6.79. The number of aliphatic hydroxyl groups excluding tert-OH is 1. The Bertz CT molecular complexity index is 337. The number of benzene rings is 1. The fourth-order valence-corrected chi connectivity index (χ4v) is 1.37. The molecule has 0 aromatic heterocycles. The Morgan fingerprint density at radius 2 is 1.59 bits per heavy atom. The van der Waals surface area contributed by atoms with E-state index in [9.17, 15) is 18.9 Å². The van der Waals surface area contributed by atoms with Gasteiger partial charge >= 0.3 is 48.9 Å². The van der Waals surface area contributed by atoms with E-state index >= 15 is 0 Å². The summed E-state index contributed by atoms with van der Waals surface area (Å²) in [5.41, 5.74) is -0.134. The van der Waals surface area contributed by atoms with Crippen molar-refractivity contribution >= 4 is 77.0 Å². The first-order valence-electron chi connectivity index (χ1n) is 3.90. The van der Waals surface area contributed by atoms with Crippen LogP contribution in [0.4, 0.5) is 0 Å². The number of hydrogen-bond acceptors (Lipinski definition) is 6. The monoisotopic (exact) mass is 424 g/mol. The van der Waals surface area contributed by atoms with Crippen molar-refractivity contribution in [3.8, 4) is 0 Å². The van der Waals surface area contributed by atoms with Gasteiger partial charge in [-0.2, -0.15) is 0 Å². The van der Waals surface area contributed by atoms with Crippen molar-refractivity contribution in [3.05, 3.63) is 35.9 Å². The quantitative estimate of drug-likeness (QED) is 0.417. The molecule has 92 valence electrons. The van der Waals surface area contributed by atoms with Crippen LogP contribution in [0.1, 0.15) is 11.1 Å². The molecule has 0 amide bonds. The number of hydrogen-bond donors (Lipinski definition) is 1. The van der Waals surface area contributed by atoms with Gasteiger partial charge in [-0.05, 0) is 5.56 Å². The van der Waals surface area contributed by atoms with Gasteiger partial charge < -0.3 is 24.0 Å². The zero-order valence-electron chi connectivity index (χ0n) is 8.54. The van der Waals surface area contributed by atoms with Crippen LogP contribution < -0.4 is 9.79 Å². The van der Waals surface area contributed by atoms with E-state index in [0.29, 0.717) is 0 Å². The van der Waals surface area contributed by atoms with Crippen LogP contribution >= 0.6 is 28.1 Å². The van der Waals surface area contributed by atoms with Crippen LogP contribution in [-0.4, -0.2) is 54.0 Å². The first-order chi connectivity index (χ1) is 7.43. The Hall–Kier alpha value is 1.38. The largest absolute Gasteiger partial charge is 2.00 e. The van der Waals surface area contributed by atoms with Crippen molar-refractivity contribution in [1.29, 1.82) is 0 Å². The second kappa shape index (κ2) is 12.4. The van der Waals surface area contributed by atoms with Gasteiger partial charge in [0.1, 0.15) is 16.5 Å². The minimum Gasteiger partial charge on any atom is -0.781 e. The van der Waals surface area contributed by atoms with Crippen LogP contribution in [-0.2, 0) is 13.4 Å². The maximum Gasteiger partial charge on any atom is 2.00 e. The van der Waals surface area contributed by atoms with Crippen LogP contribution in [0.5, 0.6) is 0 Å². The summed E-state index contributed by atoms with van der Waals surface area (Å²) in [5, 5.41) is 8.79. The van der Waals surface area contributed by atoms with E-state index in [-0.39, 0.29) is 48.9 Å². The summed E-state index contributed by atoms with van der Waals surface area (Å²) in [4.78, 5) is 18.6. The zero-order valence-corrected chi connectivity index (χ0v) is 15.7. The predicted octanol–water partition coefficient (Wildman–Crippen LogP) is 0.0385. The van der Waals surface area contributed by atoms with Crippen molar-refractivity contribution in [2.75, 3.05) is 0 Å². The molecule has 0 fully saturated rings. The Morgan fingerprint density at radius 1 is 1.18 bits per heavy atom. The van der Waals surface area contributed by atoms with Crippen LogP contribution in [0.25, 0.3) is 0 Å². The summed E-state index contributed by atoms with van der Waals surface area (Å²) in [6.45, 7) is 0. The van der Waals surface area contributed by atoms with Gasteiger partial charge in [0.15, 0.2) is 5.56 Å². The standard InChI is InChI=1S/C7H7ClO.Ba.H4O5P2/c8-7(9)6-4-2-1-3-5-6;;1-6(2)5-7(3)4/h1-5,7,9H;;6-7H,(H,1,2)(H,3,4)/q;+2;/p-2.